The van der Waals surface area contributed by atoms with Gasteiger partial charge in [0.15, 0.2) is 0 Å². The van der Waals surface area contributed by atoms with E-state index in [0.29, 0.717) is 5.41 Å². The fraction of sp³-hybridized carbons (Fsp3) is 0.909. The molecule has 0 radical (unpaired) electrons. The Balaban J connectivity index is 1.97. The van der Waals surface area contributed by atoms with Crippen molar-refractivity contribution in [3.8, 4) is 0 Å². The monoisotopic (exact) mass is 197 g/mol. The Labute approximate surface area is 84.7 Å². The van der Waals surface area contributed by atoms with Crippen molar-refractivity contribution < 1.29 is 9.90 Å². The zero-order valence-corrected chi connectivity index (χ0v) is 8.92. The molecule has 3 rings (SSSR count). The van der Waals surface area contributed by atoms with Gasteiger partial charge >= 0.3 is 5.97 Å². The van der Waals surface area contributed by atoms with Crippen LogP contribution in [0.25, 0.3) is 0 Å². The fourth-order valence-electron chi connectivity index (χ4n) is 3.50. The van der Waals surface area contributed by atoms with Crippen molar-refractivity contribution in [2.75, 3.05) is 0 Å². The van der Waals surface area contributed by atoms with E-state index in [1.807, 2.05) is 0 Å². The van der Waals surface area contributed by atoms with Gasteiger partial charge in [-0.05, 0) is 36.0 Å². The van der Waals surface area contributed by atoms with Crippen molar-refractivity contribution in [3.05, 3.63) is 0 Å². The van der Waals surface area contributed by atoms with E-state index in [1.165, 1.54) is 6.42 Å². The van der Waals surface area contributed by atoms with E-state index in [9.17, 15) is 4.79 Å². The summed E-state index contributed by atoms with van der Waals surface area (Å²) in [6, 6.07) is -0.631. The molecule has 80 valence electrons. The maximum absolute atomic E-state index is 10.8. The summed E-state index contributed by atoms with van der Waals surface area (Å²) in [7, 11) is 0. The minimum atomic E-state index is -0.831. The normalized spacial score (nSPS) is 43.4. The lowest BCUT2D eigenvalue weighted by atomic mass is 9.30. The number of carboxylic acids is 1. The van der Waals surface area contributed by atoms with Gasteiger partial charge in [-0.15, -0.1) is 0 Å². The van der Waals surface area contributed by atoms with E-state index < -0.39 is 12.0 Å². The van der Waals surface area contributed by atoms with E-state index in [0.717, 1.165) is 25.2 Å². The highest BCUT2D eigenvalue weighted by Crippen LogP contribution is 2.77. The minimum Gasteiger partial charge on any atom is -0.480 e. The van der Waals surface area contributed by atoms with E-state index in [-0.39, 0.29) is 5.41 Å². The summed E-state index contributed by atoms with van der Waals surface area (Å²) in [5, 5.41) is 8.86. The summed E-state index contributed by atoms with van der Waals surface area (Å²) in [6.45, 7) is 4.48. The molecule has 2 atom stereocenters. The lowest BCUT2D eigenvalue weighted by Gasteiger charge is -2.74. The van der Waals surface area contributed by atoms with Gasteiger partial charge < -0.3 is 10.8 Å². The first kappa shape index (κ1) is 9.97. The summed E-state index contributed by atoms with van der Waals surface area (Å²) >= 11 is 0. The van der Waals surface area contributed by atoms with Crippen molar-refractivity contribution in [1.29, 1.82) is 0 Å². The minimum absolute atomic E-state index is 0.0325. The third kappa shape index (κ3) is 0.991. The molecule has 3 aliphatic carbocycles. The van der Waals surface area contributed by atoms with Crippen LogP contribution in [0.4, 0.5) is 0 Å². The van der Waals surface area contributed by atoms with Crippen molar-refractivity contribution in [2.24, 2.45) is 22.5 Å². The van der Waals surface area contributed by atoms with Crippen LogP contribution in [-0.2, 0) is 4.79 Å². The second-order valence-corrected chi connectivity index (χ2v) is 5.38. The van der Waals surface area contributed by atoms with Gasteiger partial charge in [-0.3, -0.25) is 4.79 Å². The Hall–Kier alpha value is -0.570. The Morgan fingerprint density at radius 3 is 2.29 bits per heavy atom. The van der Waals surface area contributed by atoms with Gasteiger partial charge in [0, 0.05) is 0 Å². The highest BCUT2D eigenvalue weighted by atomic mass is 16.4. The number of carboxylic acid groups (broad SMARTS) is 1. The van der Waals surface area contributed by atoms with Gasteiger partial charge in [-0.25, -0.2) is 0 Å². The van der Waals surface area contributed by atoms with E-state index in [2.05, 4.69) is 13.8 Å². The van der Waals surface area contributed by atoms with Gasteiger partial charge in [0.05, 0.1) is 0 Å². The molecule has 0 aliphatic heterocycles. The standard InChI is InChI=1S/C11H19NO2/c1-3-7(2)10-4-11(5-10,6-10)8(12)9(13)14/h7-8H,3-6,12H2,1-2H3,(H,13,14). The van der Waals surface area contributed by atoms with Crippen LogP contribution in [0, 0.1) is 16.7 Å². The predicted octanol–water partition coefficient (Wildman–Crippen LogP) is 1.61. The molecule has 0 aromatic carbocycles. The Morgan fingerprint density at radius 2 is 1.93 bits per heavy atom. The Kier molecular flexibility index (Phi) is 1.94. The zero-order chi connectivity index (χ0) is 10.6. The van der Waals surface area contributed by atoms with E-state index in [1.54, 1.807) is 0 Å². The highest BCUT2D eigenvalue weighted by molar-refractivity contribution is 5.75. The zero-order valence-electron chi connectivity index (χ0n) is 8.92. The first-order valence-electron chi connectivity index (χ1n) is 5.44. The molecule has 3 heteroatoms. The topological polar surface area (TPSA) is 63.3 Å². The third-order valence-electron chi connectivity index (χ3n) is 4.70. The van der Waals surface area contributed by atoms with Gasteiger partial charge in [0.25, 0.3) is 0 Å². The SMILES string of the molecule is CCC(C)C12CC(C(N)C(=O)O)(C1)C2. The number of rotatable bonds is 4. The number of hydrogen-bond donors (Lipinski definition) is 2. The average molecular weight is 197 g/mol. The Morgan fingerprint density at radius 1 is 1.43 bits per heavy atom. The maximum atomic E-state index is 10.8. The molecule has 0 spiro atoms. The number of nitrogens with two attached hydrogens (primary N) is 1. The van der Waals surface area contributed by atoms with E-state index in [4.69, 9.17) is 10.8 Å². The molecule has 0 aromatic heterocycles. The summed E-state index contributed by atoms with van der Waals surface area (Å²) in [6.07, 6.45) is 4.33. The lowest BCUT2D eigenvalue weighted by Crippen LogP contribution is -2.72. The van der Waals surface area contributed by atoms with Gasteiger partial charge in [0.1, 0.15) is 6.04 Å². The van der Waals surface area contributed by atoms with Crippen LogP contribution >= 0.6 is 0 Å². The van der Waals surface area contributed by atoms with Crippen LogP contribution in [0.1, 0.15) is 39.5 Å². The quantitative estimate of drug-likeness (QED) is 0.719. The van der Waals surface area contributed by atoms with Crippen molar-refractivity contribution in [3.63, 3.8) is 0 Å². The van der Waals surface area contributed by atoms with Crippen LogP contribution in [0.15, 0.2) is 0 Å². The molecule has 0 aromatic rings. The van der Waals surface area contributed by atoms with Gasteiger partial charge in [-0.2, -0.15) is 0 Å². The fourth-order valence-corrected chi connectivity index (χ4v) is 3.50. The molecule has 3 nitrogen and oxygen atoms in total. The molecule has 14 heavy (non-hydrogen) atoms. The van der Waals surface area contributed by atoms with Crippen molar-refractivity contribution in [1.82, 2.24) is 0 Å². The molecular weight excluding hydrogens is 178 g/mol. The lowest BCUT2D eigenvalue weighted by molar-refractivity contribution is -0.245. The number of aliphatic carboxylic acids is 1. The second-order valence-electron chi connectivity index (χ2n) is 5.38. The highest BCUT2D eigenvalue weighted by Gasteiger charge is 2.72. The molecular formula is C11H19NO2. The van der Waals surface area contributed by atoms with Crippen LogP contribution in [0.5, 0.6) is 0 Å². The predicted molar refractivity (Wildman–Crippen MR) is 53.8 cm³/mol. The molecule has 3 aliphatic rings. The van der Waals surface area contributed by atoms with Crippen LogP contribution in [0.3, 0.4) is 0 Å². The first-order chi connectivity index (χ1) is 6.46. The average Bonchev–Trinajstić information content (AvgIpc) is 1.98. The Bertz CT molecular complexity index is 255. The second kappa shape index (κ2) is 2.72. The summed E-state index contributed by atoms with van der Waals surface area (Å²) in [5.41, 5.74) is 6.12. The third-order valence-corrected chi connectivity index (χ3v) is 4.70. The molecule has 0 heterocycles. The molecule has 2 bridgehead atoms. The van der Waals surface area contributed by atoms with Gasteiger partial charge in [0.2, 0.25) is 0 Å². The van der Waals surface area contributed by atoms with Crippen molar-refractivity contribution >= 4 is 5.97 Å². The molecule has 3 N–H and O–H groups in total. The molecule has 0 amide bonds. The molecule has 3 fully saturated rings. The van der Waals surface area contributed by atoms with Crippen LogP contribution < -0.4 is 5.73 Å². The molecule has 2 unspecified atom stereocenters. The van der Waals surface area contributed by atoms with Crippen LogP contribution in [-0.4, -0.2) is 17.1 Å². The number of hydrogen-bond acceptors (Lipinski definition) is 2. The molecule has 3 saturated carbocycles. The maximum Gasteiger partial charge on any atom is 0.321 e. The van der Waals surface area contributed by atoms with Gasteiger partial charge in [-0.1, -0.05) is 20.3 Å². The molecule has 0 saturated heterocycles. The van der Waals surface area contributed by atoms with Crippen LogP contribution in [0.2, 0.25) is 0 Å². The smallest absolute Gasteiger partial charge is 0.321 e. The summed E-state index contributed by atoms with van der Waals surface area (Å²) in [4.78, 5) is 10.8. The largest absolute Gasteiger partial charge is 0.480 e. The van der Waals surface area contributed by atoms with E-state index >= 15 is 0 Å². The summed E-state index contributed by atoms with van der Waals surface area (Å²) < 4.78 is 0. The summed E-state index contributed by atoms with van der Waals surface area (Å²) in [5.74, 6) is -0.104. The first-order valence-corrected chi connectivity index (χ1v) is 5.44. The van der Waals surface area contributed by atoms with Crippen molar-refractivity contribution in [2.45, 2.75) is 45.6 Å². The number of carbonyl (C=O) groups is 1.